The van der Waals surface area contributed by atoms with Gasteiger partial charge in [0.15, 0.2) is 0 Å². The van der Waals surface area contributed by atoms with E-state index >= 15 is 0 Å². The molecule has 0 amide bonds. The third-order valence-electron chi connectivity index (χ3n) is 2.63. The Balaban J connectivity index is 2.08. The lowest BCUT2D eigenvalue weighted by Crippen LogP contribution is -2.40. The van der Waals surface area contributed by atoms with Crippen LogP contribution in [0.5, 0.6) is 17.2 Å². The molecule has 0 fully saturated rings. The second-order valence-electron chi connectivity index (χ2n) is 4.41. The monoisotopic (exact) mass is 470 g/mol. The third kappa shape index (κ3) is 4.39. The van der Waals surface area contributed by atoms with E-state index in [1.54, 1.807) is 18.2 Å². The van der Waals surface area contributed by atoms with E-state index in [-0.39, 0.29) is 5.75 Å². The normalized spacial score (nSPS) is 11.8. The lowest BCUT2D eigenvalue weighted by molar-refractivity contribution is -0.151. The van der Waals surface area contributed by atoms with Gasteiger partial charge in [0.2, 0.25) is 0 Å². The summed E-state index contributed by atoms with van der Waals surface area (Å²) in [5, 5.41) is -5.05. The molecule has 0 aromatic heterocycles. The summed E-state index contributed by atoms with van der Waals surface area (Å²) >= 11 is 2.10. The molecule has 1 N–H and O–H groups in total. The number of ether oxygens (including phenoxy) is 2. The van der Waals surface area contributed by atoms with Crippen LogP contribution in [-0.4, -0.2) is 24.2 Å². The molecule has 0 atom stereocenters. The molecule has 0 aliphatic heterocycles. The summed E-state index contributed by atoms with van der Waals surface area (Å²) in [6.45, 7) is 0. The van der Waals surface area contributed by atoms with Crippen LogP contribution in [0.1, 0.15) is 0 Å². The molecule has 24 heavy (non-hydrogen) atoms. The number of carbonyl (C=O) groups is 1. The van der Waals surface area contributed by atoms with E-state index in [0.29, 0.717) is 11.5 Å². The first kappa shape index (κ1) is 18.5. The Bertz CT molecular complexity index is 852. The van der Waals surface area contributed by atoms with Gasteiger partial charge in [-0.2, -0.15) is 17.2 Å². The fourth-order valence-corrected chi connectivity index (χ4v) is 2.28. The van der Waals surface area contributed by atoms with Gasteiger partial charge in [-0.1, -0.05) is 6.07 Å². The van der Waals surface area contributed by atoms with Gasteiger partial charge in [0.05, 0.1) is 0 Å². The van der Waals surface area contributed by atoms with Crippen molar-refractivity contribution in [2.24, 2.45) is 0 Å². The highest BCUT2D eigenvalue weighted by molar-refractivity contribution is 14.1. The maximum atomic E-state index is 13.1. The first-order chi connectivity index (χ1) is 11.1. The van der Waals surface area contributed by atoms with Crippen LogP contribution in [0.15, 0.2) is 48.5 Å². The summed E-state index contributed by atoms with van der Waals surface area (Å²) < 4.78 is 66.1. The van der Waals surface area contributed by atoms with Crippen LogP contribution in [0, 0.1) is 3.57 Å². The van der Waals surface area contributed by atoms with Crippen molar-refractivity contribution < 1.29 is 36.0 Å². The fourth-order valence-electron chi connectivity index (χ4n) is 1.51. The van der Waals surface area contributed by atoms with E-state index in [1.807, 2.05) is 6.07 Å². The van der Waals surface area contributed by atoms with Crippen molar-refractivity contribution >= 4 is 38.7 Å². The molecule has 2 rings (SSSR count). The lowest BCUT2D eigenvalue weighted by Gasteiger charge is -2.12. The maximum absolute atomic E-state index is 13.1. The van der Waals surface area contributed by atoms with E-state index in [0.717, 1.165) is 15.7 Å². The van der Waals surface area contributed by atoms with Crippen molar-refractivity contribution in [2.75, 3.05) is 0 Å². The Hall–Kier alpha value is -1.79. The zero-order valence-electron chi connectivity index (χ0n) is 11.6. The zero-order chi connectivity index (χ0) is 18.0. The van der Waals surface area contributed by atoms with Crippen molar-refractivity contribution in [2.45, 2.75) is 5.25 Å². The van der Waals surface area contributed by atoms with Gasteiger partial charge in [0.25, 0.3) is 0 Å². The van der Waals surface area contributed by atoms with Gasteiger partial charge < -0.3 is 9.47 Å². The second kappa shape index (κ2) is 6.99. The van der Waals surface area contributed by atoms with Crippen LogP contribution < -0.4 is 9.47 Å². The number of carbonyl (C=O) groups excluding carboxylic acids is 1. The number of benzene rings is 2. The molecule has 6 nitrogen and oxygen atoms in total. The van der Waals surface area contributed by atoms with E-state index in [2.05, 4.69) is 27.3 Å². The topological polar surface area (TPSA) is 89.9 Å². The number of hydrogen-bond donors (Lipinski definition) is 1. The van der Waals surface area contributed by atoms with Crippen LogP contribution >= 0.6 is 22.6 Å². The highest BCUT2D eigenvalue weighted by Gasteiger charge is 2.54. The predicted octanol–water partition coefficient (Wildman–Crippen LogP) is 3.47. The highest BCUT2D eigenvalue weighted by Crippen LogP contribution is 2.27. The van der Waals surface area contributed by atoms with Crippen molar-refractivity contribution in [3.8, 4) is 17.2 Å². The van der Waals surface area contributed by atoms with Crippen LogP contribution in [0.4, 0.5) is 8.78 Å². The minimum absolute atomic E-state index is 0.335. The Morgan fingerprint density at radius 2 is 1.62 bits per heavy atom. The molecule has 2 aromatic rings. The molecule has 128 valence electrons. The standard InChI is InChI=1S/C14H9F2IO6S/c15-14(16,24(19,20)21)13(18)23-11-6-4-10(5-7-11)22-12-3-1-2-9(17)8-12/h1-8H,(H,19,20,21). The molecule has 0 radical (unpaired) electrons. The summed E-state index contributed by atoms with van der Waals surface area (Å²) in [5.41, 5.74) is 0. The van der Waals surface area contributed by atoms with Crippen molar-refractivity contribution in [1.82, 2.24) is 0 Å². The van der Waals surface area contributed by atoms with Crippen LogP contribution in [0.3, 0.4) is 0 Å². The van der Waals surface area contributed by atoms with Gasteiger partial charge in [-0.15, -0.1) is 0 Å². The highest BCUT2D eigenvalue weighted by atomic mass is 127. The first-order valence-electron chi connectivity index (χ1n) is 6.20. The summed E-state index contributed by atoms with van der Waals surface area (Å²) in [6, 6.07) is 12.1. The molecule has 0 saturated heterocycles. The SMILES string of the molecule is O=C(Oc1ccc(Oc2cccc(I)c2)cc1)C(F)(F)S(=O)(=O)O. The maximum Gasteiger partial charge on any atom is 0.466 e. The van der Waals surface area contributed by atoms with Gasteiger partial charge in [-0.05, 0) is 65.1 Å². The largest absolute Gasteiger partial charge is 0.466 e. The van der Waals surface area contributed by atoms with Gasteiger partial charge in [0, 0.05) is 3.57 Å². The van der Waals surface area contributed by atoms with E-state index < -0.39 is 21.3 Å². The molecule has 0 aliphatic carbocycles. The van der Waals surface area contributed by atoms with E-state index in [9.17, 15) is 22.0 Å². The van der Waals surface area contributed by atoms with Crippen LogP contribution in [0.25, 0.3) is 0 Å². The van der Waals surface area contributed by atoms with Gasteiger partial charge >= 0.3 is 21.3 Å². The summed E-state index contributed by atoms with van der Waals surface area (Å²) in [7, 11) is -5.91. The zero-order valence-corrected chi connectivity index (χ0v) is 14.6. The Kier molecular flexibility index (Phi) is 5.40. The van der Waals surface area contributed by atoms with Gasteiger partial charge in [-0.3, -0.25) is 4.55 Å². The molecule has 0 saturated carbocycles. The number of rotatable bonds is 5. The average molecular weight is 470 g/mol. The second-order valence-corrected chi connectivity index (χ2v) is 7.12. The predicted molar refractivity (Wildman–Crippen MR) is 87.8 cm³/mol. The van der Waals surface area contributed by atoms with E-state index in [1.165, 1.54) is 12.1 Å². The van der Waals surface area contributed by atoms with Crippen LogP contribution in [0.2, 0.25) is 0 Å². The Morgan fingerprint density at radius 3 is 2.17 bits per heavy atom. The van der Waals surface area contributed by atoms with E-state index in [4.69, 9.17) is 9.29 Å². The summed E-state index contributed by atoms with van der Waals surface area (Å²) in [4.78, 5) is 11.2. The Morgan fingerprint density at radius 1 is 1.04 bits per heavy atom. The van der Waals surface area contributed by atoms with Gasteiger partial charge in [0.1, 0.15) is 17.2 Å². The molecule has 0 aliphatic rings. The third-order valence-corrected chi connectivity index (χ3v) is 4.11. The molecular weight excluding hydrogens is 461 g/mol. The lowest BCUT2D eigenvalue weighted by atomic mass is 10.3. The fraction of sp³-hybridized carbons (Fsp3) is 0.0714. The number of hydrogen-bond acceptors (Lipinski definition) is 5. The minimum atomic E-state index is -5.91. The number of esters is 1. The summed E-state index contributed by atoms with van der Waals surface area (Å²) in [6.07, 6.45) is 0. The van der Waals surface area contributed by atoms with Crippen LogP contribution in [-0.2, 0) is 14.9 Å². The minimum Gasteiger partial charge on any atom is -0.457 e. The molecular formula is C14H9F2IO6S. The van der Waals surface area contributed by atoms with Gasteiger partial charge in [-0.25, -0.2) is 4.79 Å². The average Bonchev–Trinajstić information content (AvgIpc) is 2.48. The number of alkyl halides is 2. The smallest absolute Gasteiger partial charge is 0.457 e. The van der Waals surface area contributed by atoms with Crippen molar-refractivity contribution in [3.05, 3.63) is 52.1 Å². The quantitative estimate of drug-likeness (QED) is 0.312. The molecule has 0 bridgehead atoms. The molecule has 2 aromatic carbocycles. The molecule has 0 unspecified atom stereocenters. The molecule has 0 heterocycles. The Labute approximate surface area is 149 Å². The first-order valence-corrected chi connectivity index (χ1v) is 8.72. The summed E-state index contributed by atoms with van der Waals surface area (Å²) in [5.74, 6) is -1.85. The van der Waals surface area contributed by atoms with Crippen molar-refractivity contribution in [1.29, 1.82) is 0 Å². The molecule has 10 heteroatoms. The molecule has 0 spiro atoms. The number of halogens is 3. The van der Waals surface area contributed by atoms with Crippen molar-refractivity contribution in [3.63, 3.8) is 0 Å².